The number of hydrogen-bond acceptors (Lipinski definition) is 2. The first-order chi connectivity index (χ1) is 9.74. The quantitative estimate of drug-likeness (QED) is 0.889. The molecule has 1 N–H and O–H groups in total. The van der Waals surface area contributed by atoms with E-state index in [0.29, 0.717) is 5.41 Å². The molecule has 0 amide bonds. The Hall–Kier alpha value is -1.02. The summed E-state index contributed by atoms with van der Waals surface area (Å²) >= 11 is 0. The number of nitrogens with one attached hydrogen (secondary N) is 1. The molecule has 0 atom stereocenters. The van der Waals surface area contributed by atoms with Crippen molar-refractivity contribution in [2.45, 2.75) is 52.5 Å². The third-order valence-corrected chi connectivity index (χ3v) is 5.71. The van der Waals surface area contributed by atoms with Crippen LogP contribution >= 0.6 is 0 Å². The van der Waals surface area contributed by atoms with Crippen molar-refractivity contribution in [2.24, 2.45) is 5.41 Å². The second kappa shape index (κ2) is 5.77. The van der Waals surface area contributed by atoms with Gasteiger partial charge in [0, 0.05) is 18.8 Å². The summed E-state index contributed by atoms with van der Waals surface area (Å²) in [6, 6.07) is 7.01. The number of hydrogen-bond donors (Lipinski definition) is 1. The Kier molecular flexibility index (Phi) is 4.02. The lowest BCUT2D eigenvalue weighted by Crippen LogP contribution is -2.39. The monoisotopic (exact) mass is 272 g/mol. The molecule has 0 radical (unpaired) electrons. The van der Waals surface area contributed by atoms with Gasteiger partial charge in [-0.2, -0.15) is 0 Å². The standard InChI is InChI=1S/C18H28N2/c1-3-18(4-2)8-11-20(12-9-18)14-15-5-6-16-7-10-19-17(16)13-15/h5-6,13,19H,3-4,7-12,14H2,1-2H3. The van der Waals surface area contributed by atoms with Crippen molar-refractivity contribution in [1.82, 2.24) is 4.90 Å². The lowest BCUT2D eigenvalue weighted by molar-refractivity contribution is 0.0909. The van der Waals surface area contributed by atoms with Gasteiger partial charge < -0.3 is 5.32 Å². The Morgan fingerprint density at radius 3 is 2.60 bits per heavy atom. The first kappa shape index (κ1) is 13.9. The maximum atomic E-state index is 3.49. The van der Waals surface area contributed by atoms with Crippen LogP contribution in [0.5, 0.6) is 0 Å². The summed E-state index contributed by atoms with van der Waals surface area (Å²) in [4.78, 5) is 2.64. The molecule has 110 valence electrons. The van der Waals surface area contributed by atoms with E-state index < -0.39 is 0 Å². The van der Waals surface area contributed by atoms with E-state index in [9.17, 15) is 0 Å². The SMILES string of the molecule is CCC1(CC)CCN(Cc2ccc3c(c2)NCC3)CC1. The Bertz CT molecular complexity index is 452. The first-order valence-corrected chi connectivity index (χ1v) is 8.33. The minimum Gasteiger partial charge on any atom is -0.384 e. The zero-order chi connectivity index (χ0) is 14.0. The molecule has 0 aliphatic carbocycles. The van der Waals surface area contributed by atoms with Gasteiger partial charge in [0.15, 0.2) is 0 Å². The van der Waals surface area contributed by atoms with Gasteiger partial charge in [-0.1, -0.05) is 38.8 Å². The zero-order valence-corrected chi connectivity index (χ0v) is 13.0. The van der Waals surface area contributed by atoms with Crippen LogP contribution in [-0.2, 0) is 13.0 Å². The van der Waals surface area contributed by atoms with E-state index in [-0.39, 0.29) is 0 Å². The molecule has 2 heterocycles. The number of anilines is 1. The minimum atomic E-state index is 0.635. The van der Waals surface area contributed by atoms with Gasteiger partial charge >= 0.3 is 0 Å². The van der Waals surface area contributed by atoms with Crippen LogP contribution in [0.15, 0.2) is 18.2 Å². The van der Waals surface area contributed by atoms with Gasteiger partial charge in [-0.25, -0.2) is 0 Å². The van der Waals surface area contributed by atoms with Crippen LogP contribution < -0.4 is 5.32 Å². The van der Waals surface area contributed by atoms with Crippen LogP contribution in [0.1, 0.15) is 50.7 Å². The lowest BCUT2D eigenvalue weighted by atomic mass is 9.74. The van der Waals surface area contributed by atoms with Crippen LogP contribution in [0.2, 0.25) is 0 Å². The molecule has 1 aromatic carbocycles. The number of likely N-dealkylation sites (tertiary alicyclic amines) is 1. The van der Waals surface area contributed by atoms with Crippen LogP contribution in [0.3, 0.4) is 0 Å². The van der Waals surface area contributed by atoms with Crippen LogP contribution in [-0.4, -0.2) is 24.5 Å². The zero-order valence-electron chi connectivity index (χ0n) is 13.0. The summed E-state index contributed by atoms with van der Waals surface area (Å²) in [5, 5.41) is 3.49. The smallest absolute Gasteiger partial charge is 0.0376 e. The van der Waals surface area contributed by atoms with Crippen molar-refractivity contribution in [1.29, 1.82) is 0 Å². The molecular formula is C18H28N2. The normalized spacial score (nSPS) is 21.5. The summed E-state index contributed by atoms with van der Waals surface area (Å²) in [6.07, 6.45) is 6.64. The molecule has 0 unspecified atom stereocenters. The van der Waals surface area contributed by atoms with E-state index in [0.717, 1.165) is 13.1 Å². The molecule has 2 aliphatic rings. The third kappa shape index (κ3) is 2.71. The Morgan fingerprint density at radius 2 is 1.90 bits per heavy atom. The molecule has 3 rings (SSSR count). The Balaban J connectivity index is 1.60. The largest absolute Gasteiger partial charge is 0.384 e. The maximum absolute atomic E-state index is 3.49. The lowest BCUT2D eigenvalue weighted by Gasteiger charge is -2.41. The molecule has 0 spiro atoms. The summed E-state index contributed by atoms with van der Waals surface area (Å²) in [7, 11) is 0. The molecule has 0 bridgehead atoms. The molecule has 1 saturated heterocycles. The van der Waals surface area contributed by atoms with Gasteiger partial charge in [0.05, 0.1) is 0 Å². The Morgan fingerprint density at radius 1 is 1.15 bits per heavy atom. The van der Waals surface area contributed by atoms with Crippen molar-refractivity contribution in [3.05, 3.63) is 29.3 Å². The van der Waals surface area contributed by atoms with E-state index in [1.807, 2.05) is 0 Å². The van der Waals surface area contributed by atoms with Gasteiger partial charge in [0.25, 0.3) is 0 Å². The summed E-state index contributed by atoms with van der Waals surface area (Å²) in [5.41, 5.74) is 4.97. The minimum absolute atomic E-state index is 0.635. The highest BCUT2D eigenvalue weighted by Gasteiger charge is 2.31. The summed E-state index contributed by atoms with van der Waals surface area (Å²) < 4.78 is 0. The average molecular weight is 272 g/mol. The fourth-order valence-corrected chi connectivity index (χ4v) is 3.84. The Labute approximate surface area is 123 Å². The molecule has 1 fully saturated rings. The van der Waals surface area contributed by atoms with E-state index in [4.69, 9.17) is 0 Å². The van der Waals surface area contributed by atoms with Crippen molar-refractivity contribution in [3.63, 3.8) is 0 Å². The number of nitrogens with zero attached hydrogens (tertiary/aromatic N) is 1. The molecule has 0 aromatic heterocycles. The van der Waals surface area contributed by atoms with Crippen LogP contribution in [0.25, 0.3) is 0 Å². The number of piperidine rings is 1. The summed E-state index contributed by atoms with van der Waals surface area (Å²) in [5.74, 6) is 0. The van der Waals surface area contributed by atoms with E-state index in [1.54, 1.807) is 0 Å². The molecule has 2 heteroatoms. The van der Waals surface area contributed by atoms with Gasteiger partial charge in [-0.3, -0.25) is 4.90 Å². The highest BCUT2D eigenvalue weighted by atomic mass is 15.1. The maximum Gasteiger partial charge on any atom is 0.0376 e. The second-order valence-corrected chi connectivity index (χ2v) is 6.65. The van der Waals surface area contributed by atoms with Crippen LogP contribution in [0, 0.1) is 5.41 Å². The van der Waals surface area contributed by atoms with Crippen molar-refractivity contribution < 1.29 is 0 Å². The fourth-order valence-electron chi connectivity index (χ4n) is 3.84. The molecular weight excluding hydrogens is 244 g/mol. The molecule has 0 saturated carbocycles. The van der Waals surface area contributed by atoms with Gasteiger partial charge in [0.1, 0.15) is 0 Å². The van der Waals surface area contributed by atoms with Crippen molar-refractivity contribution in [3.8, 4) is 0 Å². The summed E-state index contributed by atoms with van der Waals surface area (Å²) in [6.45, 7) is 9.51. The highest BCUT2D eigenvalue weighted by molar-refractivity contribution is 5.57. The van der Waals surface area contributed by atoms with E-state index >= 15 is 0 Å². The second-order valence-electron chi connectivity index (χ2n) is 6.65. The number of benzene rings is 1. The average Bonchev–Trinajstić information content (AvgIpc) is 2.96. The van der Waals surface area contributed by atoms with Gasteiger partial charge in [-0.15, -0.1) is 0 Å². The van der Waals surface area contributed by atoms with Gasteiger partial charge in [-0.05, 0) is 55.0 Å². The van der Waals surface area contributed by atoms with E-state index in [2.05, 4.69) is 42.3 Å². The topological polar surface area (TPSA) is 15.3 Å². The molecule has 20 heavy (non-hydrogen) atoms. The van der Waals surface area contributed by atoms with Crippen LogP contribution in [0.4, 0.5) is 5.69 Å². The predicted octanol–water partition coefficient (Wildman–Crippen LogP) is 4.06. The van der Waals surface area contributed by atoms with Crippen molar-refractivity contribution >= 4 is 5.69 Å². The third-order valence-electron chi connectivity index (χ3n) is 5.71. The number of fused-ring (bicyclic) bond motifs is 1. The molecule has 1 aromatic rings. The van der Waals surface area contributed by atoms with Crippen molar-refractivity contribution in [2.75, 3.05) is 25.0 Å². The fraction of sp³-hybridized carbons (Fsp3) is 0.667. The first-order valence-electron chi connectivity index (χ1n) is 8.33. The molecule has 2 nitrogen and oxygen atoms in total. The predicted molar refractivity (Wildman–Crippen MR) is 86.2 cm³/mol. The molecule has 2 aliphatic heterocycles. The highest BCUT2D eigenvalue weighted by Crippen LogP contribution is 2.38. The van der Waals surface area contributed by atoms with E-state index in [1.165, 1.54) is 62.0 Å². The number of rotatable bonds is 4. The van der Waals surface area contributed by atoms with Gasteiger partial charge in [0.2, 0.25) is 0 Å².